The Morgan fingerprint density at radius 1 is 0.688 bits per heavy atom. The molecule has 0 aromatic carbocycles. The zero-order chi connectivity index (χ0) is 10.5. The van der Waals surface area contributed by atoms with Crippen LogP contribution in [0.2, 0.25) is 0 Å². The molecule has 0 heteroatoms. The molecule has 4 bridgehead atoms. The normalized spacial score (nSPS) is 55.5. The standard InChI is InChI=1S/C16H24/c1-2-13-6-7-14(3-1)16(13)15-9-11-4-5-12(8-11)10-15/h1,8,11-16H,2-7,9-10H2. The average Bonchev–Trinajstić information content (AvgIpc) is 2.76. The van der Waals surface area contributed by atoms with Crippen molar-refractivity contribution in [2.45, 2.75) is 51.4 Å². The van der Waals surface area contributed by atoms with Gasteiger partial charge in [0.25, 0.3) is 0 Å². The Balaban J connectivity index is 1.53. The first-order valence-corrected chi connectivity index (χ1v) is 7.57. The molecule has 4 unspecified atom stereocenters. The van der Waals surface area contributed by atoms with E-state index in [4.69, 9.17) is 0 Å². The first-order chi connectivity index (χ1) is 7.90. The van der Waals surface area contributed by atoms with Gasteiger partial charge in [-0.3, -0.25) is 0 Å². The van der Waals surface area contributed by atoms with Crippen molar-refractivity contribution in [3.05, 3.63) is 12.8 Å². The fourth-order valence-electron chi connectivity index (χ4n) is 5.63. The molecular weight excluding hydrogens is 192 g/mol. The quantitative estimate of drug-likeness (QED) is 0.614. The summed E-state index contributed by atoms with van der Waals surface area (Å²) in [6, 6.07) is 0. The fraction of sp³-hybridized carbons (Fsp3) is 0.875. The molecule has 16 heavy (non-hydrogen) atoms. The second-order valence-electron chi connectivity index (χ2n) is 6.96. The third kappa shape index (κ3) is 1.48. The molecule has 0 saturated heterocycles. The summed E-state index contributed by atoms with van der Waals surface area (Å²) < 4.78 is 0. The van der Waals surface area contributed by atoms with Gasteiger partial charge in [-0.05, 0) is 99.7 Å². The SMILES string of the molecule is [CH]1CC2CCC(C1)C2C1CC2[CH]C(CC2)C1. The maximum Gasteiger partial charge on any atom is -0.0323 e. The summed E-state index contributed by atoms with van der Waals surface area (Å²) in [6.07, 6.45) is 17.5. The molecule has 0 aliphatic heterocycles. The Kier molecular flexibility index (Phi) is 2.34. The van der Waals surface area contributed by atoms with E-state index < -0.39 is 0 Å². The third-order valence-corrected chi connectivity index (χ3v) is 6.14. The molecule has 4 rings (SSSR count). The van der Waals surface area contributed by atoms with Crippen LogP contribution in [0.4, 0.5) is 0 Å². The monoisotopic (exact) mass is 216 g/mol. The van der Waals surface area contributed by atoms with Crippen molar-refractivity contribution in [2.75, 3.05) is 0 Å². The van der Waals surface area contributed by atoms with Crippen molar-refractivity contribution in [3.63, 3.8) is 0 Å². The van der Waals surface area contributed by atoms with Gasteiger partial charge in [-0.2, -0.15) is 0 Å². The Morgan fingerprint density at radius 3 is 1.94 bits per heavy atom. The highest BCUT2D eigenvalue weighted by atomic mass is 14.5. The molecule has 0 heterocycles. The third-order valence-electron chi connectivity index (χ3n) is 6.14. The Bertz CT molecular complexity index is 241. The summed E-state index contributed by atoms with van der Waals surface area (Å²) >= 11 is 0. The summed E-state index contributed by atoms with van der Waals surface area (Å²) in [5.41, 5.74) is 0. The lowest BCUT2D eigenvalue weighted by Gasteiger charge is -2.40. The molecule has 4 atom stereocenters. The van der Waals surface area contributed by atoms with Crippen LogP contribution < -0.4 is 0 Å². The smallest absolute Gasteiger partial charge is 0.0323 e. The minimum atomic E-state index is 1.02. The molecule has 0 spiro atoms. The van der Waals surface area contributed by atoms with Crippen molar-refractivity contribution < 1.29 is 0 Å². The first-order valence-electron chi connectivity index (χ1n) is 7.57. The van der Waals surface area contributed by atoms with Crippen molar-refractivity contribution in [1.29, 1.82) is 0 Å². The lowest BCUT2D eigenvalue weighted by atomic mass is 9.65. The van der Waals surface area contributed by atoms with Crippen molar-refractivity contribution in [3.8, 4) is 0 Å². The maximum atomic E-state index is 2.70. The molecule has 4 saturated carbocycles. The van der Waals surface area contributed by atoms with Crippen LogP contribution in [0.5, 0.6) is 0 Å². The number of hydrogen-bond acceptors (Lipinski definition) is 0. The van der Waals surface area contributed by atoms with E-state index >= 15 is 0 Å². The predicted molar refractivity (Wildman–Crippen MR) is 66.5 cm³/mol. The number of hydrogen-bond donors (Lipinski definition) is 0. The zero-order valence-corrected chi connectivity index (χ0v) is 10.3. The summed E-state index contributed by atoms with van der Waals surface area (Å²) in [7, 11) is 0. The van der Waals surface area contributed by atoms with Crippen molar-refractivity contribution in [2.24, 2.45) is 35.5 Å². The van der Waals surface area contributed by atoms with Gasteiger partial charge in [-0.1, -0.05) is 0 Å². The number of rotatable bonds is 1. The van der Waals surface area contributed by atoms with Crippen LogP contribution in [0.1, 0.15) is 51.4 Å². The Hall–Kier alpha value is 0. The van der Waals surface area contributed by atoms with Gasteiger partial charge in [0.2, 0.25) is 0 Å². The minimum Gasteiger partial charge on any atom is -0.0499 e. The van der Waals surface area contributed by atoms with E-state index in [1.807, 2.05) is 0 Å². The highest BCUT2D eigenvalue weighted by molar-refractivity contribution is 5.04. The van der Waals surface area contributed by atoms with Crippen molar-refractivity contribution >= 4 is 0 Å². The summed E-state index contributed by atoms with van der Waals surface area (Å²) in [4.78, 5) is 0. The molecule has 4 aliphatic carbocycles. The fourth-order valence-corrected chi connectivity index (χ4v) is 5.63. The van der Waals surface area contributed by atoms with Gasteiger partial charge < -0.3 is 0 Å². The first kappa shape index (κ1) is 9.97. The second-order valence-corrected chi connectivity index (χ2v) is 6.96. The maximum absolute atomic E-state index is 2.70. The summed E-state index contributed by atoms with van der Waals surface area (Å²) in [6.45, 7) is 0. The highest BCUT2D eigenvalue weighted by Gasteiger charge is 2.46. The lowest BCUT2D eigenvalue weighted by molar-refractivity contribution is 0.127. The topological polar surface area (TPSA) is 0 Å². The van der Waals surface area contributed by atoms with Gasteiger partial charge in [-0.15, -0.1) is 0 Å². The molecule has 0 N–H and O–H groups in total. The molecule has 0 aromatic heterocycles. The summed E-state index contributed by atoms with van der Waals surface area (Å²) in [5.74, 6) is 6.50. The average molecular weight is 216 g/mol. The largest absolute Gasteiger partial charge is 0.0499 e. The minimum absolute atomic E-state index is 1.02. The molecular formula is C16H24. The van der Waals surface area contributed by atoms with Gasteiger partial charge in [0.15, 0.2) is 0 Å². The van der Waals surface area contributed by atoms with E-state index in [0.29, 0.717) is 0 Å². The van der Waals surface area contributed by atoms with Gasteiger partial charge in [0.1, 0.15) is 0 Å². The van der Waals surface area contributed by atoms with Gasteiger partial charge in [-0.25, -0.2) is 0 Å². The van der Waals surface area contributed by atoms with Gasteiger partial charge >= 0.3 is 0 Å². The van der Waals surface area contributed by atoms with E-state index in [-0.39, 0.29) is 0 Å². The lowest BCUT2D eigenvalue weighted by Crippen LogP contribution is -2.32. The molecule has 4 aliphatic rings. The Labute approximate surface area is 100 Å². The van der Waals surface area contributed by atoms with Crippen LogP contribution in [0.3, 0.4) is 0 Å². The van der Waals surface area contributed by atoms with Crippen LogP contribution in [0, 0.1) is 48.3 Å². The van der Waals surface area contributed by atoms with Crippen LogP contribution in [0.15, 0.2) is 0 Å². The van der Waals surface area contributed by atoms with Crippen LogP contribution in [0.25, 0.3) is 0 Å². The van der Waals surface area contributed by atoms with E-state index in [1.165, 1.54) is 25.7 Å². The number of fused-ring (bicyclic) bond motifs is 4. The Morgan fingerprint density at radius 2 is 1.31 bits per heavy atom. The van der Waals surface area contributed by atoms with Gasteiger partial charge in [0.05, 0.1) is 0 Å². The van der Waals surface area contributed by atoms with E-state index in [2.05, 4.69) is 12.8 Å². The molecule has 0 aromatic rings. The van der Waals surface area contributed by atoms with Crippen LogP contribution in [-0.4, -0.2) is 0 Å². The van der Waals surface area contributed by atoms with Crippen molar-refractivity contribution in [1.82, 2.24) is 0 Å². The molecule has 0 amide bonds. The summed E-state index contributed by atoms with van der Waals surface area (Å²) in [5, 5.41) is 0. The molecule has 2 radical (unpaired) electrons. The molecule has 4 fully saturated rings. The predicted octanol–water partition coefficient (Wildman–Crippen LogP) is 4.27. The van der Waals surface area contributed by atoms with E-state index in [1.54, 1.807) is 25.7 Å². The van der Waals surface area contributed by atoms with Crippen LogP contribution >= 0.6 is 0 Å². The van der Waals surface area contributed by atoms with E-state index in [0.717, 1.165) is 35.5 Å². The van der Waals surface area contributed by atoms with Gasteiger partial charge in [0, 0.05) is 0 Å². The molecule has 0 nitrogen and oxygen atoms in total. The zero-order valence-electron chi connectivity index (χ0n) is 10.3. The van der Waals surface area contributed by atoms with Crippen LogP contribution in [-0.2, 0) is 0 Å². The molecule has 88 valence electrons. The highest BCUT2D eigenvalue weighted by Crippen LogP contribution is 2.56. The second kappa shape index (κ2) is 3.75. The van der Waals surface area contributed by atoms with E-state index in [9.17, 15) is 0 Å².